The van der Waals surface area contributed by atoms with Gasteiger partial charge < -0.3 is 5.32 Å². The highest BCUT2D eigenvalue weighted by molar-refractivity contribution is 5.83. The number of rotatable bonds is 3. The molecule has 1 atom stereocenters. The van der Waals surface area contributed by atoms with Gasteiger partial charge >= 0.3 is 0 Å². The maximum Gasteiger partial charge on any atom is 0.242 e. The van der Waals surface area contributed by atoms with Crippen LogP contribution in [0.15, 0.2) is 24.5 Å². The van der Waals surface area contributed by atoms with Gasteiger partial charge in [-0.3, -0.25) is 14.7 Å². The molecular weight excluding hydrogens is 214 g/mol. The second-order valence-corrected chi connectivity index (χ2v) is 5.39. The van der Waals surface area contributed by atoms with Gasteiger partial charge in [0.1, 0.15) is 6.04 Å². The summed E-state index contributed by atoms with van der Waals surface area (Å²) < 4.78 is 0. The van der Waals surface area contributed by atoms with Crippen LogP contribution in [-0.4, -0.2) is 35.4 Å². The van der Waals surface area contributed by atoms with Gasteiger partial charge in [0.25, 0.3) is 0 Å². The van der Waals surface area contributed by atoms with Crippen molar-refractivity contribution in [3.8, 4) is 0 Å². The van der Waals surface area contributed by atoms with Gasteiger partial charge in [-0.15, -0.1) is 0 Å². The first kappa shape index (κ1) is 13.6. The van der Waals surface area contributed by atoms with Crippen molar-refractivity contribution in [3.05, 3.63) is 30.1 Å². The van der Waals surface area contributed by atoms with E-state index in [4.69, 9.17) is 0 Å². The molecule has 0 aromatic carbocycles. The van der Waals surface area contributed by atoms with Gasteiger partial charge in [-0.1, -0.05) is 6.07 Å². The molecule has 0 radical (unpaired) electrons. The number of likely N-dealkylation sites (N-methyl/N-ethyl adjacent to an activating group) is 1. The standard InChI is InChI=1S/C13H21N3O/c1-13(2,3)15-12(17)11(16(4)5)10-7-6-8-14-9-10/h6-9,11H,1-5H3,(H,15,17). The first-order valence-corrected chi connectivity index (χ1v) is 5.69. The zero-order valence-electron chi connectivity index (χ0n) is 11.2. The molecule has 0 aliphatic carbocycles. The van der Waals surface area contributed by atoms with Crippen molar-refractivity contribution < 1.29 is 4.79 Å². The van der Waals surface area contributed by atoms with Crippen LogP contribution in [-0.2, 0) is 4.79 Å². The van der Waals surface area contributed by atoms with Gasteiger partial charge in [0, 0.05) is 17.9 Å². The van der Waals surface area contributed by atoms with Crippen molar-refractivity contribution in [1.82, 2.24) is 15.2 Å². The molecule has 0 saturated heterocycles. The Morgan fingerprint density at radius 3 is 2.47 bits per heavy atom. The van der Waals surface area contributed by atoms with Gasteiger partial charge in [0.05, 0.1) is 0 Å². The summed E-state index contributed by atoms with van der Waals surface area (Å²) in [6.45, 7) is 5.92. The van der Waals surface area contributed by atoms with Crippen LogP contribution in [0.1, 0.15) is 32.4 Å². The Bertz CT molecular complexity index is 368. The van der Waals surface area contributed by atoms with Crippen molar-refractivity contribution >= 4 is 5.91 Å². The zero-order chi connectivity index (χ0) is 13.1. The molecule has 1 unspecified atom stereocenters. The molecule has 17 heavy (non-hydrogen) atoms. The van der Waals surface area contributed by atoms with Crippen molar-refractivity contribution in [2.24, 2.45) is 0 Å². The van der Waals surface area contributed by atoms with E-state index in [-0.39, 0.29) is 17.5 Å². The lowest BCUT2D eigenvalue weighted by Crippen LogP contribution is -2.46. The molecule has 1 heterocycles. The average Bonchev–Trinajstić information content (AvgIpc) is 2.15. The van der Waals surface area contributed by atoms with Crippen LogP contribution < -0.4 is 5.32 Å². The zero-order valence-corrected chi connectivity index (χ0v) is 11.2. The van der Waals surface area contributed by atoms with Gasteiger partial charge in [-0.2, -0.15) is 0 Å². The van der Waals surface area contributed by atoms with Crippen molar-refractivity contribution in [1.29, 1.82) is 0 Å². The Morgan fingerprint density at radius 2 is 2.06 bits per heavy atom. The number of nitrogens with zero attached hydrogens (tertiary/aromatic N) is 2. The summed E-state index contributed by atoms with van der Waals surface area (Å²) in [5, 5.41) is 2.99. The minimum Gasteiger partial charge on any atom is -0.350 e. The van der Waals surface area contributed by atoms with Crippen LogP contribution in [0.2, 0.25) is 0 Å². The minimum atomic E-state index is -0.303. The summed E-state index contributed by atoms with van der Waals surface area (Å²) in [6, 6.07) is 3.46. The van der Waals surface area contributed by atoms with Gasteiger partial charge in [-0.05, 0) is 46.5 Å². The van der Waals surface area contributed by atoms with Crippen LogP contribution in [0.4, 0.5) is 0 Å². The quantitative estimate of drug-likeness (QED) is 0.865. The van der Waals surface area contributed by atoms with E-state index < -0.39 is 0 Å². The summed E-state index contributed by atoms with van der Waals surface area (Å²) >= 11 is 0. The third-order valence-electron chi connectivity index (χ3n) is 2.26. The minimum absolute atomic E-state index is 0.00417. The first-order chi connectivity index (χ1) is 7.81. The summed E-state index contributed by atoms with van der Waals surface area (Å²) in [5.74, 6) is -0.00417. The molecule has 0 fully saturated rings. The van der Waals surface area contributed by atoms with Crippen LogP contribution in [0.3, 0.4) is 0 Å². The normalized spacial score (nSPS) is 13.5. The smallest absolute Gasteiger partial charge is 0.242 e. The number of carbonyl (C=O) groups is 1. The lowest BCUT2D eigenvalue weighted by atomic mass is 10.0. The molecule has 1 amide bonds. The number of hydrogen-bond donors (Lipinski definition) is 1. The Morgan fingerprint density at radius 1 is 1.41 bits per heavy atom. The molecular formula is C13H21N3O. The highest BCUT2D eigenvalue weighted by Crippen LogP contribution is 2.18. The van der Waals surface area contributed by atoms with Crippen LogP contribution in [0.25, 0.3) is 0 Å². The number of pyridine rings is 1. The van der Waals surface area contributed by atoms with E-state index in [1.807, 2.05) is 51.9 Å². The molecule has 0 aliphatic rings. The molecule has 0 bridgehead atoms. The molecule has 0 saturated carbocycles. The Hall–Kier alpha value is -1.42. The highest BCUT2D eigenvalue weighted by atomic mass is 16.2. The maximum atomic E-state index is 12.2. The fourth-order valence-electron chi connectivity index (χ4n) is 1.66. The Labute approximate surface area is 103 Å². The molecule has 1 N–H and O–H groups in total. The fourth-order valence-corrected chi connectivity index (χ4v) is 1.66. The Balaban J connectivity index is 2.92. The fraction of sp³-hybridized carbons (Fsp3) is 0.538. The van der Waals surface area contributed by atoms with E-state index >= 15 is 0 Å². The van der Waals surface area contributed by atoms with E-state index in [0.29, 0.717) is 0 Å². The number of hydrogen-bond acceptors (Lipinski definition) is 3. The highest BCUT2D eigenvalue weighted by Gasteiger charge is 2.26. The van der Waals surface area contributed by atoms with Crippen molar-refractivity contribution in [3.63, 3.8) is 0 Å². The first-order valence-electron chi connectivity index (χ1n) is 5.69. The van der Waals surface area contributed by atoms with E-state index in [0.717, 1.165) is 5.56 Å². The number of nitrogens with one attached hydrogen (secondary N) is 1. The van der Waals surface area contributed by atoms with Crippen LogP contribution in [0.5, 0.6) is 0 Å². The SMILES string of the molecule is CN(C)C(C(=O)NC(C)(C)C)c1cccnc1. The molecule has 4 nitrogen and oxygen atoms in total. The van der Waals surface area contributed by atoms with Crippen LogP contribution >= 0.6 is 0 Å². The largest absolute Gasteiger partial charge is 0.350 e. The summed E-state index contributed by atoms with van der Waals surface area (Å²) in [7, 11) is 3.78. The molecule has 0 spiro atoms. The van der Waals surface area contributed by atoms with Gasteiger partial charge in [0.2, 0.25) is 5.91 Å². The third-order valence-corrected chi connectivity index (χ3v) is 2.26. The molecule has 4 heteroatoms. The molecule has 1 aromatic heterocycles. The molecule has 1 aromatic rings. The number of carbonyl (C=O) groups excluding carboxylic acids is 1. The predicted octanol–water partition coefficient (Wildman–Crippen LogP) is 1.60. The average molecular weight is 235 g/mol. The molecule has 0 aliphatic heterocycles. The second-order valence-electron chi connectivity index (χ2n) is 5.39. The number of aromatic nitrogens is 1. The third kappa shape index (κ3) is 4.15. The lowest BCUT2D eigenvalue weighted by Gasteiger charge is -2.28. The number of amides is 1. The monoisotopic (exact) mass is 235 g/mol. The van der Waals surface area contributed by atoms with E-state index in [9.17, 15) is 4.79 Å². The maximum absolute atomic E-state index is 12.2. The summed E-state index contributed by atoms with van der Waals surface area (Å²) in [4.78, 5) is 18.2. The van der Waals surface area contributed by atoms with Gasteiger partial charge in [-0.25, -0.2) is 0 Å². The lowest BCUT2D eigenvalue weighted by molar-refractivity contribution is -0.127. The van der Waals surface area contributed by atoms with Crippen LogP contribution in [0, 0.1) is 0 Å². The van der Waals surface area contributed by atoms with Crippen molar-refractivity contribution in [2.75, 3.05) is 14.1 Å². The van der Waals surface area contributed by atoms with E-state index in [1.165, 1.54) is 0 Å². The van der Waals surface area contributed by atoms with E-state index in [2.05, 4.69) is 10.3 Å². The second kappa shape index (κ2) is 5.27. The molecule has 1 rings (SSSR count). The van der Waals surface area contributed by atoms with Crippen molar-refractivity contribution in [2.45, 2.75) is 32.4 Å². The predicted molar refractivity (Wildman–Crippen MR) is 68.6 cm³/mol. The summed E-state index contributed by atoms with van der Waals surface area (Å²) in [5.41, 5.74) is 0.673. The topological polar surface area (TPSA) is 45.2 Å². The molecule has 94 valence electrons. The summed E-state index contributed by atoms with van der Waals surface area (Å²) in [6.07, 6.45) is 3.44. The van der Waals surface area contributed by atoms with E-state index in [1.54, 1.807) is 12.4 Å². The van der Waals surface area contributed by atoms with Gasteiger partial charge in [0.15, 0.2) is 0 Å². The Kier molecular flexibility index (Phi) is 4.23.